The molecule has 159 valence electrons. The number of H-pyrrole nitrogens is 2. The number of aromatic nitrogens is 5. The molecule has 4 aromatic heterocycles. The third-order valence-electron chi connectivity index (χ3n) is 4.85. The van der Waals surface area contributed by atoms with Gasteiger partial charge in [0.1, 0.15) is 0 Å². The van der Waals surface area contributed by atoms with Crippen LogP contribution in [0.1, 0.15) is 28.5 Å². The number of nitrogens with one attached hydrogen (secondary N) is 2. The average Bonchev–Trinajstić information content (AvgIpc) is 3.55. The van der Waals surface area contributed by atoms with Crippen LogP contribution in [0.5, 0.6) is 0 Å². The molecular weight excluding hydrogens is 441 g/mol. The molecule has 0 aromatic carbocycles. The van der Waals surface area contributed by atoms with Gasteiger partial charge in [-0.2, -0.15) is 0 Å². The van der Waals surface area contributed by atoms with Crippen molar-refractivity contribution in [2.45, 2.75) is 6.92 Å². The molecule has 0 fully saturated rings. The summed E-state index contributed by atoms with van der Waals surface area (Å²) in [4.78, 5) is 20.0. The van der Waals surface area contributed by atoms with Gasteiger partial charge in [-0.3, -0.25) is 4.98 Å². The fourth-order valence-electron chi connectivity index (χ4n) is 3.39. The zero-order valence-corrected chi connectivity index (χ0v) is 18.5. The Kier molecular flexibility index (Phi) is 6.44. The van der Waals surface area contributed by atoms with Gasteiger partial charge in [0.25, 0.3) is 0 Å². The van der Waals surface area contributed by atoms with Gasteiger partial charge in [0.15, 0.2) is 0 Å². The molecule has 2 N–H and O–H groups in total. The van der Waals surface area contributed by atoms with Crippen molar-refractivity contribution in [2.75, 3.05) is 0 Å². The van der Waals surface area contributed by atoms with Crippen molar-refractivity contribution in [3.63, 3.8) is 0 Å². The van der Waals surface area contributed by atoms with E-state index in [2.05, 4.69) is 49.2 Å². The van der Waals surface area contributed by atoms with E-state index in [4.69, 9.17) is 0 Å². The number of nitrogens with zero attached hydrogens (tertiary/aromatic N) is 3. The van der Waals surface area contributed by atoms with Gasteiger partial charge in [0.2, 0.25) is 0 Å². The maximum atomic E-state index is 4.63. The molecule has 6 heteroatoms. The summed E-state index contributed by atoms with van der Waals surface area (Å²) < 4.78 is 0. The number of rotatable bonds is 0. The first-order chi connectivity index (χ1) is 15.2. The van der Waals surface area contributed by atoms with Crippen LogP contribution >= 0.6 is 0 Å². The molecule has 2 aliphatic heterocycles. The normalized spacial score (nSPS) is 11.4. The molecule has 0 unspecified atom stereocenters. The molecule has 5 nitrogen and oxygen atoms in total. The Morgan fingerprint density at radius 3 is 1.25 bits per heavy atom. The fraction of sp³-hybridized carbons (Fsp3) is 0.0385. The minimum Gasteiger partial charge on any atom is -0.355 e. The summed E-state index contributed by atoms with van der Waals surface area (Å²) >= 11 is 0. The quantitative estimate of drug-likeness (QED) is 0.289. The Hall–Kier alpha value is -3.74. The van der Waals surface area contributed by atoms with Crippen LogP contribution in [0.15, 0.2) is 72.9 Å². The van der Waals surface area contributed by atoms with E-state index >= 15 is 0 Å². The Morgan fingerprint density at radius 1 is 0.562 bits per heavy atom. The maximum Gasteiger partial charge on any atom is 0.0658 e. The van der Waals surface area contributed by atoms with E-state index in [9.17, 15) is 0 Å². The van der Waals surface area contributed by atoms with Gasteiger partial charge in [-0.1, -0.05) is 6.07 Å². The Morgan fingerprint density at radius 2 is 0.969 bits per heavy atom. The first-order valence-corrected chi connectivity index (χ1v) is 10.1. The second-order valence-electron chi connectivity index (χ2n) is 7.38. The molecule has 0 saturated carbocycles. The van der Waals surface area contributed by atoms with Crippen LogP contribution in [0.4, 0.5) is 0 Å². The van der Waals surface area contributed by atoms with Crippen molar-refractivity contribution in [3.8, 4) is 0 Å². The minimum absolute atomic E-state index is 0. The SMILES string of the molecule is C1=Cc2cc3ccc(cc4nc(cc5ccc(cc1n2)[nH]5)C=C4)[nH]3.Cc1ccccn1.[Co]. The molecule has 0 aliphatic carbocycles. The smallest absolute Gasteiger partial charge is 0.0658 e. The predicted octanol–water partition coefficient (Wildman–Crippen LogP) is 6.04. The van der Waals surface area contributed by atoms with E-state index in [1.165, 1.54) is 0 Å². The summed E-state index contributed by atoms with van der Waals surface area (Å²) in [5.41, 5.74) is 8.93. The maximum absolute atomic E-state index is 4.63. The van der Waals surface area contributed by atoms with E-state index in [1.54, 1.807) is 6.20 Å². The first-order valence-electron chi connectivity index (χ1n) is 10.1. The topological polar surface area (TPSA) is 70.2 Å². The Bertz CT molecular complexity index is 1270. The van der Waals surface area contributed by atoms with Crippen LogP contribution in [0, 0.1) is 6.92 Å². The predicted molar refractivity (Wildman–Crippen MR) is 128 cm³/mol. The summed E-state index contributed by atoms with van der Waals surface area (Å²) in [5.74, 6) is 0. The number of pyridine rings is 1. The molecule has 4 aromatic rings. The van der Waals surface area contributed by atoms with Gasteiger partial charge >= 0.3 is 0 Å². The summed E-state index contributed by atoms with van der Waals surface area (Å²) in [6.07, 6.45) is 9.88. The molecule has 2 aliphatic rings. The van der Waals surface area contributed by atoms with Crippen molar-refractivity contribution in [2.24, 2.45) is 0 Å². The zero-order valence-electron chi connectivity index (χ0n) is 17.4. The van der Waals surface area contributed by atoms with Gasteiger partial charge in [0.05, 0.1) is 22.8 Å². The summed E-state index contributed by atoms with van der Waals surface area (Å²) in [5, 5.41) is 0. The first kappa shape index (κ1) is 21.5. The van der Waals surface area contributed by atoms with Crippen LogP contribution in [0.2, 0.25) is 0 Å². The molecular formula is C26H21CoN5. The molecule has 32 heavy (non-hydrogen) atoms. The zero-order chi connectivity index (χ0) is 21.0. The van der Waals surface area contributed by atoms with Crippen molar-refractivity contribution < 1.29 is 16.8 Å². The van der Waals surface area contributed by atoms with Crippen LogP contribution in [0.25, 0.3) is 46.4 Å². The standard InChI is InChI=1S/C20H14N4.C6H7N.Co/c1-2-14-10-16-5-6-18(23-16)12-20-8-7-19(24-20)11-17-4-3-15(22-17)9-13(1)21-14;1-6-4-2-3-5-7-6;/h1-12,21,24H;2-5H,1H3;. The number of fused-ring (bicyclic) bond motifs is 8. The van der Waals surface area contributed by atoms with Crippen molar-refractivity contribution in [1.82, 2.24) is 24.9 Å². The van der Waals surface area contributed by atoms with Crippen LogP contribution < -0.4 is 0 Å². The van der Waals surface area contributed by atoms with E-state index in [0.717, 1.165) is 50.5 Å². The number of hydrogen-bond donors (Lipinski definition) is 2. The Balaban J connectivity index is 0.000000265. The molecule has 0 saturated heterocycles. The average molecular weight is 462 g/mol. The van der Waals surface area contributed by atoms with E-state index in [-0.39, 0.29) is 16.8 Å². The van der Waals surface area contributed by atoms with Crippen molar-refractivity contribution >= 4 is 46.4 Å². The number of aromatic amines is 2. The van der Waals surface area contributed by atoms with E-state index in [1.807, 2.05) is 73.7 Å². The summed E-state index contributed by atoms with van der Waals surface area (Å²) in [6, 6.07) is 22.2. The van der Waals surface area contributed by atoms with E-state index in [0.29, 0.717) is 0 Å². The molecule has 0 spiro atoms. The van der Waals surface area contributed by atoms with Crippen molar-refractivity contribution in [3.05, 3.63) is 101 Å². The molecule has 0 amide bonds. The monoisotopic (exact) mass is 462 g/mol. The molecule has 6 rings (SSSR count). The summed E-state index contributed by atoms with van der Waals surface area (Å²) in [7, 11) is 0. The minimum atomic E-state index is 0. The van der Waals surface area contributed by atoms with E-state index < -0.39 is 0 Å². The van der Waals surface area contributed by atoms with Crippen molar-refractivity contribution in [1.29, 1.82) is 0 Å². The number of hydrogen-bond acceptors (Lipinski definition) is 3. The van der Waals surface area contributed by atoms with Gasteiger partial charge in [-0.05, 0) is 91.9 Å². The van der Waals surface area contributed by atoms with Gasteiger partial charge in [0, 0.05) is 50.7 Å². The van der Waals surface area contributed by atoms with Gasteiger partial charge in [-0.15, -0.1) is 0 Å². The third-order valence-corrected chi connectivity index (χ3v) is 4.85. The van der Waals surface area contributed by atoms with Crippen LogP contribution in [0.3, 0.4) is 0 Å². The van der Waals surface area contributed by atoms with Gasteiger partial charge < -0.3 is 9.97 Å². The second-order valence-corrected chi connectivity index (χ2v) is 7.38. The third kappa shape index (κ3) is 5.29. The fourth-order valence-corrected chi connectivity index (χ4v) is 3.39. The molecule has 6 heterocycles. The summed E-state index contributed by atoms with van der Waals surface area (Å²) in [6.45, 7) is 1.97. The van der Waals surface area contributed by atoms with Crippen LogP contribution in [-0.4, -0.2) is 24.9 Å². The number of aryl methyl sites for hydroxylation is 1. The molecule has 1 radical (unpaired) electrons. The second kappa shape index (κ2) is 9.59. The Labute approximate surface area is 196 Å². The van der Waals surface area contributed by atoms with Crippen LogP contribution in [-0.2, 0) is 16.8 Å². The largest absolute Gasteiger partial charge is 0.355 e. The molecule has 0 atom stereocenters. The van der Waals surface area contributed by atoms with Gasteiger partial charge in [-0.25, -0.2) is 9.97 Å². The molecule has 8 bridgehead atoms.